The van der Waals surface area contributed by atoms with Crippen molar-refractivity contribution < 1.29 is 19.7 Å². The molecular weight excluding hydrogens is 440 g/mol. The Kier molecular flexibility index (Phi) is 6.33. The van der Waals surface area contributed by atoms with Gasteiger partial charge < -0.3 is 19.7 Å². The predicted octanol–water partition coefficient (Wildman–Crippen LogP) is 4.24. The van der Waals surface area contributed by atoms with Crippen LogP contribution < -0.4 is 4.74 Å². The Morgan fingerprint density at radius 3 is 2.86 bits per heavy atom. The first-order valence-corrected chi connectivity index (χ1v) is 11.7. The van der Waals surface area contributed by atoms with Crippen LogP contribution in [-0.4, -0.2) is 40.7 Å². The van der Waals surface area contributed by atoms with Crippen LogP contribution in [0.15, 0.2) is 40.9 Å². The molecule has 2 heterocycles. The largest absolute Gasteiger partial charge is 0.493 e. The molecule has 0 spiro atoms. The third kappa shape index (κ3) is 4.26. The molecule has 2 N–H and O–H groups in total. The van der Waals surface area contributed by atoms with Gasteiger partial charge in [-0.3, -0.25) is 0 Å². The molecule has 4 nitrogen and oxygen atoms in total. The first-order chi connectivity index (χ1) is 13.5. The van der Waals surface area contributed by atoms with Gasteiger partial charge in [-0.15, -0.1) is 11.8 Å². The minimum atomic E-state index is -0.848. The zero-order valence-electron chi connectivity index (χ0n) is 15.8. The molecule has 2 aliphatic heterocycles. The van der Waals surface area contributed by atoms with E-state index in [2.05, 4.69) is 40.2 Å². The molecule has 1 saturated heterocycles. The average molecular weight is 465 g/mol. The Balaban J connectivity index is 1.56. The summed E-state index contributed by atoms with van der Waals surface area (Å²) in [4.78, 5) is 0. The molecule has 2 aromatic rings. The van der Waals surface area contributed by atoms with Crippen LogP contribution in [0.25, 0.3) is 0 Å². The summed E-state index contributed by atoms with van der Waals surface area (Å²) in [7, 11) is 0. The molecule has 0 bridgehead atoms. The fourth-order valence-electron chi connectivity index (χ4n) is 3.92. The van der Waals surface area contributed by atoms with Gasteiger partial charge in [-0.1, -0.05) is 40.2 Å². The van der Waals surface area contributed by atoms with Crippen LogP contribution >= 0.6 is 27.7 Å². The number of aliphatic hydroxyl groups is 2. The predicted molar refractivity (Wildman–Crippen MR) is 115 cm³/mol. The molecule has 6 heteroatoms. The third-order valence-corrected chi connectivity index (χ3v) is 7.10. The highest BCUT2D eigenvalue weighted by Gasteiger charge is 2.37. The molecule has 4 rings (SSSR count). The van der Waals surface area contributed by atoms with Gasteiger partial charge in [0.25, 0.3) is 0 Å². The van der Waals surface area contributed by atoms with E-state index in [1.807, 2.05) is 18.4 Å². The lowest BCUT2D eigenvalue weighted by molar-refractivity contribution is -0.137. The molecule has 4 unspecified atom stereocenters. The zero-order chi connectivity index (χ0) is 19.7. The minimum Gasteiger partial charge on any atom is -0.493 e. The maximum atomic E-state index is 10.2. The normalized spacial score (nSPS) is 27.1. The topological polar surface area (TPSA) is 58.9 Å². The van der Waals surface area contributed by atoms with Crippen molar-refractivity contribution in [3.63, 3.8) is 0 Å². The summed E-state index contributed by atoms with van der Waals surface area (Å²) in [6, 6.07) is 12.7. The Bertz CT molecular complexity index is 843. The van der Waals surface area contributed by atoms with Crippen LogP contribution in [-0.2, 0) is 17.6 Å². The van der Waals surface area contributed by atoms with Crippen molar-refractivity contribution in [3.8, 4) is 5.75 Å². The summed E-state index contributed by atoms with van der Waals surface area (Å²) in [5.41, 5.74) is 4.33. The van der Waals surface area contributed by atoms with Gasteiger partial charge >= 0.3 is 0 Å². The van der Waals surface area contributed by atoms with Gasteiger partial charge in [0.15, 0.2) is 0 Å². The summed E-state index contributed by atoms with van der Waals surface area (Å²) < 4.78 is 12.8. The van der Waals surface area contributed by atoms with Crippen molar-refractivity contribution in [1.82, 2.24) is 0 Å². The van der Waals surface area contributed by atoms with Crippen molar-refractivity contribution in [2.45, 2.75) is 49.4 Å². The number of halogens is 1. The average Bonchev–Trinajstić information content (AvgIpc) is 2.71. The van der Waals surface area contributed by atoms with Gasteiger partial charge in [0.1, 0.15) is 17.3 Å². The second-order valence-corrected chi connectivity index (χ2v) is 9.23. The van der Waals surface area contributed by atoms with Crippen LogP contribution in [0.1, 0.15) is 41.2 Å². The number of hydrogen-bond donors (Lipinski definition) is 2. The lowest BCUT2D eigenvalue weighted by Gasteiger charge is -2.36. The fourth-order valence-corrected chi connectivity index (χ4v) is 5.01. The smallest absolute Gasteiger partial charge is 0.132 e. The number of ether oxygens (including phenoxy) is 2. The third-order valence-electron chi connectivity index (χ3n) is 5.47. The molecule has 2 aromatic carbocycles. The molecule has 4 atom stereocenters. The molecule has 1 fully saturated rings. The molecule has 0 saturated carbocycles. The summed E-state index contributed by atoms with van der Waals surface area (Å²) >= 11 is 5.10. The highest BCUT2D eigenvalue weighted by Crippen LogP contribution is 2.37. The summed E-state index contributed by atoms with van der Waals surface area (Å²) in [6.07, 6.45) is 3.38. The lowest BCUT2D eigenvalue weighted by Crippen LogP contribution is -2.43. The maximum Gasteiger partial charge on any atom is 0.132 e. The SMILES string of the molecule is CSC1OC(c2ccc(Br)c(Cc3ccc4c(c3)CCCO4)c2)CC(O)C1O. The number of aliphatic hydroxyl groups excluding tert-OH is 2. The van der Waals surface area contributed by atoms with Crippen LogP contribution in [0.4, 0.5) is 0 Å². The number of fused-ring (bicyclic) bond motifs is 1. The first kappa shape index (κ1) is 20.2. The van der Waals surface area contributed by atoms with E-state index in [4.69, 9.17) is 9.47 Å². The highest BCUT2D eigenvalue weighted by molar-refractivity contribution is 9.10. The van der Waals surface area contributed by atoms with E-state index in [0.717, 1.165) is 41.7 Å². The van der Waals surface area contributed by atoms with Crippen LogP contribution in [0.2, 0.25) is 0 Å². The molecule has 2 aliphatic rings. The van der Waals surface area contributed by atoms with Gasteiger partial charge in [0.05, 0.1) is 18.8 Å². The Hall–Kier alpha value is -1.05. The van der Waals surface area contributed by atoms with E-state index >= 15 is 0 Å². The molecule has 0 aliphatic carbocycles. The Morgan fingerprint density at radius 2 is 2.04 bits per heavy atom. The zero-order valence-corrected chi connectivity index (χ0v) is 18.2. The van der Waals surface area contributed by atoms with Crippen molar-refractivity contribution in [2.75, 3.05) is 12.9 Å². The van der Waals surface area contributed by atoms with Gasteiger partial charge in [-0.2, -0.15) is 0 Å². The molecule has 28 heavy (non-hydrogen) atoms. The van der Waals surface area contributed by atoms with Crippen LogP contribution in [0.5, 0.6) is 5.75 Å². The molecule has 0 aromatic heterocycles. The quantitative estimate of drug-likeness (QED) is 0.708. The molecule has 150 valence electrons. The summed E-state index contributed by atoms with van der Waals surface area (Å²) in [6.45, 7) is 0.804. The summed E-state index contributed by atoms with van der Waals surface area (Å²) in [5, 5.41) is 20.3. The number of rotatable bonds is 4. The fraction of sp³-hybridized carbons (Fsp3) is 0.455. The highest BCUT2D eigenvalue weighted by atomic mass is 79.9. The maximum absolute atomic E-state index is 10.2. The second kappa shape index (κ2) is 8.76. The molecular formula is C22H25BrO4S. The van der Waals surface area contributed by atoms with E-state index in [-0.39, 0.29) is 6.10 Å². The monoisotopic (exact) mass is 464 g/mol. The summed E-state index contributed by atoms with van der Waals surface area (Å²) in [5.74, 6) is 1.01. The Morgan fingerprint density at radius 1 is 1.18 bits per heavy atom. The molecule has 0 radical (unpaired) electrons. The second-order valence-electron chi connectivity index (χ2n) is 7.44. The standard InChI is InChI=1S/C22H25BrO4S/c1-28-22-21(25)18(24)12-20(27-22)15-5-6-17(23)16(11-15)10-13-4-7-19-14(9-13)3-2-8-26-19/h4-7,9,11,18,20-22,24-25H,2-3,8,10,12H2,1H3. The van der Waals surface area contributed by atoms with Crippen molar-refractivity contribution >= 4 is 27.7 Å². The van der Waals surface area contributed by atoms with Crippen molar-refractivity contribution in [1.29, 1.82) is 0 Å². The van der Waals surface area contributed by atoms with Gasteiger partial charge in [-0.25, -0.2) is 0 Å². The number of aryl methyl sites for hydroxylation is 1. The number of benzene rings is 2. The lowest BCUT2D eigenvalue weighted by atomic mass is 9.94. The minimum absolute atomic E-state index is 0.223. The van der Waals surface area contributed by atoms with E-state index in [9.17, 15) is 10.2 Å². The number of thioether (sulfide) groups is 1. The van der Waals surface area contributed by atoms with Crippen molar-refractivity contribution in [3.05, 3.63) is 63.1 Å². The van der Waals surface area contributed by atoms with Gasteiger partial charge in [-0.05, 0) is 59.9 Å². The molecule has 0 amide bonds. The van der Waals surface area contributed by atoms with Crippen LogP contribution in [0.3, 0.4) is 0 Å². The van der Waals surface area contributed by atoms with E-state index < -0.39 is 17.6 Å². The van der Waals surface area contributed by atoms with Gasteiger partial charge in [0.2, 0.25) is 0 Å². The first-order valence-electron chi connectivity index (χ1n) is 9.62. The van der Waals surface area contributed by atoms with Gasteiger partial charge in [0, 0.05) is 10.9 Å². The van der Waals surface area contributed by atoms with Crippen LogP contribution in [0, 0.1) is 0 Å². The van der Waals surface area contributed by atoms with Crippen molar-refractivity contribution in [2.24, 2.45) is 0 Å². The number of hydrogen-bond acceptors (Lipinski definition) is 5. The van der Waals surface area contributed by atoms with E-state index in [1.165, 1.54) is 28.5 Å². The van der Waals surface area contributed by atoms with E-state index in [0.29, 0.717) is 6.42 Å². The Labute approximate surface area is 178 Å². The van der Waals surface area contributed by atoms with E-state index in [1.54, 1.807) is 0 Å².